The minimum Gasteiger partial charge on any atom is -0.339 e. The van der Waals surface area contributed by atoms with E-state index in [0.717, 1.165) is 5.56 Å². The first-order valence-electron chi connectivity index (χ1n) is 5.34. The van der Waals surface area contributed by atoms with Gasteiger partial charge in [0.15, 0.2) is 0 Å². The predicted octanol–water partition coefficient (Wildman–Crippen LogP) is 0.742. The molecule has 2 aromatic heterocycles. The standard InChI is InChI=1S/C11H12N4O3/c1-17-14-9(16)4-5-10-13-11(15-18-10)8-3-2-6-12-7-8/h2-3,6-7H,4-5H2,1H3,(H,14,16). The minimum absolute atomic E-state index is 0.225. The number of nitrogens with zero attached hydrogens (tertiary/aromatic N) is 3. The quantitative estimate of drug-likeness (QED) is 0.785. The SMILES string of the molecule is CONC(=O)CCc1nc(-c2cccnc2)no1. The number of hydrogen-bond acceptors (Lipinski definition) is 6. The average Bonchev–Trinajstić information content (AvgIpc) is 2.87. The zero-order chi connectivity index (χ0) is 12.8. The van der Waals surface area contributed by atoms with E-state index in [2.05, 4.69) is 25.4 Å². The maximum Gasteiger partial charge on any atom is 0.244 e. The summed E-state index contributed by atoms with van der Waals surface area (Å²) in [5.74, 6) is 0.629. The normalized spacial score (nSPS) is 10.3. The van der Waals surface area contributed by atoms with Crippen molar-refractivity contribution in [2.45, 2.75) is 12.8 Å². The molecule has 0 unspecified atom stereocenters. The first-order valence-corrected chi connectivity index (χ1v) is 5.34. The third-order valence-corrected chi connectivity index (χ3v) is 2.17. The van der Waals surface area contributed by atoms with Gasteiger partial charge in [-0.3, -0.25) is 14.6 Å². The zero-order valence-corrected chi connectivity index (χ0v) is 9.79. The number of pyridine rings is 1. The summed E-state index contributed by atoms with van der Waals surface area (Å²) >= 11 is 0. The molecule has 0 aliphatic carbocycles. The molecule has 2 heterocycles. The van der Waals surface area contributed by atoms with E-state index in [1.54, 1.807) is 18.5 Å². The first kappa shape index (κ1) is 12.2. The molecule has 1 N–H and O–H groups in total. The Morgan fingerprint density at radius 1 is 1.56 bits per heavy atom. The molecule has 2 rings (SSSR count). The highest BCUT2D eigenvalue weighted by Crippen LogP contribution is 2.14. The predicted molar refractivity (Wildman–Crippen MR) is 61.0 cm³/mol. The Labute approximate surface area is 103 Å². The number of rotatable bonds is 5. The summed E-state index contributed by atoms with van der Waals surface area (Å²) in [5.41, 5.74) is 2.99. The molecule has 7 nitrogen and oxygen atoms in total. The van der Waals surface area contributed by atoms with Gasteiger partial charge in [0.05, 0.1) is 7.11 Å². The maximum atomic E-state index is 11.2. The van der Waals surface area contributed by atoms with Crippen LogP contribution >= 0.6 is 0 Å². The second kappa shape index (κ2) is 5.87. The van der Waals surface area contributed by atoms with Crippen LogP contribution in [-0.2, 0) is 16.1 Å². The first-order chi connectivity index (χ1) is 8.79. The largest absolute Gasteiger partial charge is 0.339 e. The Kier molecular flexibility index (Phi) is 3.98. The molecule has 0 spiro atoms. The molecule has 0 bridgehead atoms. The minimum atomic E-state index is -0.237. The Morgan fingerprint density at radius 2 is 2.44 bits per heavy atom. The van der Waals surface area contributed by atoms with Crippen LogP contribution in [0, 0.1) is 0 Å². The van der Waals surface area contributed by atoms with Crippen LogP contribution in [-0.4, -0.2) is 28.1 Å². The van der Waals surface area contributed by atoms with Crippen LogP contribution in [0.15, 0.2) is 29.0 Å². The molecule has 2 aromatic rings. The van der Waals surface area contributed by atoms with E-state index in [4.69, 9.17) is 4.52 Å². The second-order valence-electron chi connectivity index (χ2n) is 3.48. The van der Waals surface area contributed by atoms with Gasteiger partial charge in [0.2, 0.25) is 17.6 Å². The monoisotopic (exact) mass is 248 g/mol. The fourth-order valence-electron chi connectivity index (χ4n) is 1.35. The van der Waals surface area contributed by atoms with Crippen molar-refractivity contribution in [1.29, 1.82) is 0 Å². The molecule has 0 atom stereocenters. The van der Waals surface area contributed by atoms with Crippen molar-refractivity contribution in [1.82, 2.24) is 20.6 Å². The molecule has 94 valence electrons. The summed E-state index contributed by atoms with van der Waals surface area (Å²) in [6, 6.07) is 3.62. The van der Waals surface area contributed by atoms with Crippen molar-refractivity contribution in [3.63, 3.8) is 0 Å². The number of hydroxylamine groups is 1. The van der Waals surface area contributed by atoms with Crippen molar-refractivity contribution >= 4 is 5.91 Å². The van der Waals surface area contributed by atoms with Gasteiger partial charge in [0.25, 0.3) is 0 Å². The smallest absolute Gasteiger partial charge is 0.244 e. The van der Waals surface area contributed by atoms with Crippen molar-refractivity contribution in [3.8, 4) is 11.4 Å². The van der Waals surface area contributed by atoms with E-state index in [9.17, 15) is 4.79 Å². The van der Waals surface area contributed by atoms with Crippen molar-refractivity contribution in [2.24, 2.45) is 0 Å². The molecule has 0 aliphatic heterocycles. The van der Waals surface area contributed by atoms with Crippen molar-refractivity contribution < 1.29 is 14.2 Å². The fraction of sp³-hybridized carbons (Fsp3) is 0.273. The van der Waals surface area contributed by atoms with Gasteiger partial charge in [-0.15, -0.1) is 0 Å². The summed E-state index contributed by atoms with van der Waals surface area (Å²) in [6.45, 7) is 0. The maximum absolute atomic E-state index is 11.2. The third-order valence-electron chi connectivity index (χ3n) is 2.17. The molecule has 0 aromatic carbocycles. The van der Waals surface area contributed by atoms with Crippen LogP contribution in [0.4, 0.5) is 0 Å². The molecule has 1 amide bonds. The molecule has 0 saturated carbocycles. The van der Waals surface area contributed by atoms with Crippen molar-refractivity contribution in [3.05, 3.63) is 30.4 Å². The lowest BCUT2D eigenvalue weighted by Crippen LogP contribution is -2.21. The molecule has 0 fully saturated rings. The zero-order valence-electron chi connectivity index (χ0n) is 9.79. The molecular formula is C11H12N4O3. The highest BCUT2D eigenvalue weighted by molar-refractivity contribution is 5.74. The van der Waals surface area contributed by atoms with Gasteiger partial charge in [-0.05, 0) is 12.1 Å². The summed E-state index contributed by atoms with van der Waals surface area (Å²) < 4.78 is 5.04. The van der Waals surface area contributed by atoms with Gasteiger partial charge in [0, 0.05) is 30.8 Å². The van der Waals surface area contributed by atoms with E-state index in [1.807, 2.05) is 6.07 Å². The van der Waals surface area contributed by atoms with Crippen LogP contribution in [0.25, 0.3) is 11.4 Å². The third kappa shape index (κ3) is 3.11. The summed E-state index contributed by atoms with van der Waals surface area (Å²) in [5, 5.41) is 3.82. The number of carbonyl (C=O) groups excluding carboxylic acids is 1. The summed E-state index contributed by atoms with van der Waals surface area (Å²) in [4.78, 5) is 23.8. The van der Waals surface area contributed by atoms with Crippen molar-refractivity contribution in [2.75, 3.05) is 7.11 Å². The topological polar surface area (TPSA) is 90.1 Å². The van der Waals surface area contributed by atoms with Crippen LogP contribution in [0.5, 0.6) is 0 Å². The Morgan fingerprint density at radius 3 is 3.17 bits per heavy atom. The number of aryl methyl sites for hydroxylation is 1. The highest BCUT2D eigenvalue weighted by atomic mass is 16.6. The lowest BCUT2D eigenvalue weighted by molar-refractivity contribution is -0.131. The average molecular weight is 248 g/mol. The fourth-order valence-corrected chi connectivity index (χ4v) is 1.35. The second-order valence-corrected chi connectivity index (χ2v) is 3.48. The van der Waals surface area contributed by atoms with E-state index in [0.29, 0.717) is 18.1 Å². The Balaban J connectivity index is 1.97. The molecule has 0 radical (unpaired) electrons. The number of nitrogens with one attached hydrogen (secondary N) is 1. The van der Waals surface area contributed by atoms with Crippen LogP contribution in [0.1, 0.15) is 12.3 Å². The number of carbonyl (C=O) groups is 1. The van der Waals surface area contributed by atoms with Crippen LogP contribution in [0.3, 0.4) is 0 Å². The number of amides is 1. The number of aromatic nitrogens is 3. The van der Waals surface area contributed by atoms with Gasteiger partial charge in [-0.2, -0.15) is 4.98 Å². The van der Waals surface area contributed by atoms with E-state index >= 15 is 0 Å². The van der Waals surface area contributed by atoms with E-state index < -0.39 is 0 Å². The number of hydrogen-bond donors (Lipinski definition) is 1. The van der Waals surface area contributed by atoms with Gasteiger partial charge < -0.3 is 4.52 Å². The van der Waals surface area contributed by atoms with Gasteiger partial charge in [-0.1, -0.05) is 5.16 Å². The van der Waals surface area contributed by atoms with Crippen LogP contribution in [0.2, 0.25) is 0 Å². The van der Waals surface area contributed by atoms with Gasteiger partial charge in [0.1, 0.15) is 0 Å². The lowest BCUT2D eigenvalue weighted by Gasteiger charge is -1.98. The Bertz CT molecular complexity index is 512. The highest BCUT2D eigenvalue weighted by Gasteiger charge is 2.10. The van der Waals surface area contributed by atoms with Gasteiger partial charge >= 0.3 is 0 Å². The lowest BCUT2D eigenvalue weighted by atomic mass is 10.2. The van der Waals surface area contributed by atoms with Gasteiger partial charge in [-0.25, -0.2) is 5.48 Å². The summed E-state index contributed by atoms with van der Waals surface area (Å²) in [6.07, 6.45) is 3.90. The molecule has 0 saturated heterocycles. The molecule has 7 heteroatoms. The molecule has 0 aliphatic rings. The Hall–Kier alpha value is -2.28. The van der Waals surface area contributed by atoms with Crippen LogP contribution < -0.4 is 5.48 Å². The van der Waals surface area contributed by atoms with E-state index in [1.165, 1.54) is 7.11 Å². The molecule has 18 heavy (non-hydrogen) atoms. The van der Waals surface area contributed by atoms with E-state index in [-0.39, 0.29) is 12.3 Å². The molecular weight excluding hydrogens is 236 g/mol. The summed E-state index contributed by atoms with van der Waals surface area (Å²) in [7, 11) is 1.38.